The molecule has 1 N–H and O–H groups in total. The van der Waals surface area contributed by atoms with Crippen molar-refractivity contribution in [2.75, 3.05) is 26.2 Å². The number of rotatable bonds is 5. The number of hydrogen-bond donors (Lipinski definition) is 1. The molecular weight excluding hydrogens is 385 g/mol. The smallest absolute Gasteiger partial charge is 0.244 e. The zero-order valence-electron chi connectivity index (χ0n) is 13.9. The average molecular weight is 406 g/mol. The summed E-state index contributed by atoms with van der Waals surface area (Å²) < 4.78 is 27.0. The van der Waals surface area contributed by atoms with Crippen LogP contribution in [0.4, 0.5) is 0 Å². The summed E-state index contributed by atoms with van der Waals surface area (Å²) in [4.78, 5) is 14.2. The first kappa shape index (κ1) is 18.9. The van der Waals surface area contributed by atoms with Crippen LogP contribution in [0.3, 0.4) is 0 Å². The molecule has 1 saturated heterocycles. The number of carbonyl (C=O) groups is 1. The fourth-order valence-electron chi connectivity index (χ4n) is 2.87. The molecule has 0 spiro atoms. The van der Waals surface area contributed by atoms with Crippen LogP contribution >= 0.6 is 23.2 Å². The predicted octanol–water partition coefficient (Wildman–Crippen LogP) is 1.97. The van der Waals surface area contributed by atoms with Gasteiger partial charge in [-0.05, 0) is 31.9 Å². The van der Waals surface area contributed by atoms with Crippen LogP contribution in [0, 0.1) is 0 Å². The standard InChI is InChI=1S/C16H21Cl2N3O3S/c1-11(16(22)19-12-5-6-12)20-7-9-21(10-8-20)25(23,24)14-4-2-3-13(17)15(14)18/h2-4,11-12H,5-10H2,1H3,(H,19,22)/t11-/m1/s1. The normalized spacial score (nSPS) is 21.1. The van der Waals surface area contributed by atoms with Gasteiger partial charge in [-0.1, -0.05) is 29.3 Å². The van der Waals surface area contributed by atoms with E-state index in [1.54, 1.807) is 12.1 Å². The van der Waals surface area contributed by atoms with Crippen molar-refractivity contribution < 1.29 is 13.2 Å². The predicted molar refractivity (Wildman–Crippen MR) is 97.4 cm³/mol. The summed E-state index contributed by atoms with van der Waals surface area (Å²) in [6.07, 6.45) is 2.09. The first-order valence-corrected chi connectivity index (χ1v) is 10.5. The van der Waals surface area contributed by atoms with Gasteiger partial charge in [0.15, 0.2) is 0 Å². The van der Waals surface area contributed by atoms with Crippen molar-refractivity contribution >= 4 is 39.1 Å². The summed E-state index contributed by atoms with van der Waals surface area (Å²) in [6.45, 7) is 3.47. The van der Waals surface area contributed by atoms with Gasteiger partial charge >= 0.3 is 0 Å². The van der Waals surface area contributed by atoms with Crippen LogP contribution in [0.1, 0.15) is 19.8 Å². The first-order chi connectivity index (χ1) is 11.8. The van der Waals surface area contributed by atoms with Gasteiger partial charge in [0, 0.05) is 32.2 Å². The Morgan fingerprint density at radius 3 is 2.44 bits per heavy atom. The van der Waals surface area contributed by atoms with Crippen LogP contribution in [0.2, 0.25) is 10.0 Å². The molecule has 6 nitrogen and oxygen atoms in total. The summed E-state index contributed by atoms with van der Waals surface area (Å²) in [5.41, 5.74) is 0. The van der Waals surface area contributed by atoms with Crippen molar-refractivity contribution in [2.24, 2.45) is 0 Å². The lowest BCUT2D eigenvalue weighted by molar-refractivity contribution is -0.126. The number of carbonyl (C=O) groups excluding carboxylic acids is 1. The Bertz CT molecular complexity index is 760. The van der Waals surface area contributed by atoms with Crippen molar-refractivity contribution in [1.29, 1.82) is 0 Å². The third-order valence-corrected chi connectivity index (χ3v) is 7.53. The molecule has 1 amide bonds. The lowest BCUT2D eigenvalue weighted by Gasteiger charge is -2.36. The number of nitrogens with zero attached hydrogens (tertiary/aromatic N) is 2. The van der Waals surface area contributed by atoms with Crippen LogP contribution in [-0.4, -0.2) is 61.8 Å². The second-order valence-corrected chi connectivity index (χ2v) is 9.14. The molecule has 0 radical (unpaired) electrons. The van der Waals surface area contributed by atoms with Gasteiger partial charge < -0.3 is 5.32 Å². The molecule has 0 unspecified atom stereocenters. The molecule has 2 aliphatic rings. The van der Waals surface area contributed by atoms with Gasteiger partial charge in [-0.3, -0.25) is 9.69 Å². The van der Waals surface area contributed by atoms with Gasteiger partial charge in [0.25, 0.3) is 0 Å². The zero-order chi connectivity index (χ0) is 18.2. The Morgan fingerprint density at radius 2 is 1.84 bits per heavy atom. The van der Waals surface area contributed by atoms with Gasteiger partial charge in [-0.15, -0.1) is 0 Å². The first-order valence-electron chi connectivity index (χ1n) is 8.29. The molecule has 3 rings (SSSR count). The third kappa shape index (κ3) is 4.11. The number of hydrogen-bond acceptors (Lipinski definition) is 4. The van der Waals surface area contributed by atoms with Crippen molar-refractivity contribution in [3.63, 3.8) is 0 Å². The highest BCUT2D eigenvalue weighted by Gasteiger charge is 2.34. The molecule has 1 aromatic rings. The Labute approximate surface area is 158 Å². The van der Waals surface area contributed by atoms with Crippen molar-refractivity contribution in [3.05, 3.63) is 28.2 Å². The maximum Gasteiger partial charge on any atom is 0.244 e. The Morgan fingerprint density at radius 1 is 1.20 bits per heavy atom. The number of amides is 1. The number of sulfonamides is 1. The quantitative estimate of drug-likeness (QED) is 0.812. The molecule has 1 aromatic carbocycles. The molecule has 25 heavy (non-hydrogen) atoms. The van der Waals surface area contributed by atoms with E-state index in [0.29, 0.717) is 32.2 Å². The summed E-state index contributed by atoms with van der Waals surface area (Å²) in [5.74, 6) is 0.0108. The molecule has 1 saturated carbocycles. The highest BCUT2D eigenvalue weighted by molar-refractivity contribution is 7.89. The van der Waals surface area contributed by atoms with E-state index in [1.807, 2.05) is 11.8 Å². The van der Waals surface area contributed by atoms with Crippen molar-refractivity contribution in [2.45, 2.75) is 36.7 Å². The van der Waals surface area contributed by atoms with Crippen molar-refractivity contribution in [1.82, 2.24) is 14.5 Å². The monoisotopic (exact) mass is 405 g/mol. The molecule has 0 aromatic heterocycles. The molecule has 1 aliphatic carbocycles. The zero-order valence-corrected chi connectivity index (χ0v) is 16.2. The van der Waals surface area contributed by atoms with E-state index in [1.165, 1.54) is 10.4 Å². The molecule has 1 atom stereocenters. The number of halogens is 2. The van der Waals surface area contributed by atoms with E-state index in [2.05, 4.69) is 5.32 Å². The number of piperazine rings is 1. The maximum absolute atomic E-state index is 12.8. The molecule has 0 bridgehead atoms. The fraction of sp³-hybridized carbons (Fsp3) is 0.562. The molecular formula is C16H21Cl2N3O3S. The molecule has 2 fully saturated rings. The number of nitrogens with one attached hydrogen (secondary N) is 1. The summed E-state index contributed by atoms with van der Waals surface area (Å²) in [6, 6.07) is 4.64. The Kier molecular flexibility index (Phi) is 5.60. The van der Waals surface area contributed by atoms with Gasteiger partial charge in [-0.25, -0.2) is 8.42 Å². The van der Waals surface area contributed by atoms with E-state index < -0.39 is 10.0 Å². The summed E-state index contributed by atoms with van der Waals surface area (Å²) >= 11 is 12.0. The topological polar surface area (TPSA) is 69.7 Å². The third-order valence-electron chi connectivity index (χ3n) is 4.66. The minimum absolute atomic E-state index is 0.0108. The largest absolute Gasteiger partial charge is 0.352 e. The van der Waals surface area contributed by atoms with Crippen LogP contribution in [-0.2, 0) is 14.8 Å². The molecule has 1 heterocycles. The van der Waals surface area contributed by atoms with Gasteiger partial charge in [-0.2, -0.15) is 4.31 Å². The SMILES string of the molecule is C[C@H](C(=O)NC1CC1)N1CCN(S(=O)(=O)c2cccc(Cl)c2Cl)CC1. The highest BCUT2D eigenvalue weighted by Crippen LogP contribution is 2.31. The van der Waals surface area contributed by atoms with E-state index >= 15 is 0 Å². The van der Waals surface area contributed by atoms with Gasteiger partial charge in [0.2, 0.25) is 15.9 Å². The summed E-state index contributed by atoms with van der Waals surface area (Å²) in [7, 11) is -3.70. The van der Waals surface area contributed by atoms with Crippen LogP contribution in [0.5, 0.6) is 0 Å². The van der Waals surface area contributed by atoms with E-state index in [4.69, 9.17) is 23.2 Å². The molecule has 9 heteroatoms. The fourth-order valence-corrected chi connectivity index (χ4v) is 5.03. The van der Waals surface area contributed by atoms with E-state index in [-0.39, 0.29) is 26.9 Å². The molecule has 138 valence electrons. The minimum Gasteiger partial charge on any atom is -0.352 e. The van der Waals surface area contributed by atoms with Crippen LogP contribution in [0.15, 0.2) is 23.1 Å². The van der Waals surface area contributed by atoms with Gasteiger partial charge in [0.1, 0.15) is 4.90 Å². The summed E-state index contributed by atoms with van der Waals surface area (Å²) in [5, 5.41) is 3.25. The highest BCUT2D eigenvalue weighted by atomic mass is 35.5. The van der Waals surface area contributed by atoms with E-state index in [0.717, 1.165) is 12.8 Å². The van der Waals surface area contributed by atoms with Crippen LogP contribution in [0.25, 0.3) is 0 Å². The Balaban J connectivity index is 1.65. The minimum atomic E-state index is -3.70. The lowest BCUT2D eigenvalue weighted by atomic mass is 10.2. The second kappa shape index (κ2) is 7.40. The van der Waals surface area contributed by atoms with E-state index in [9.17, 15) is 13.2 Å². The van der Waals surface area contributed by atoms with Gasteiger partial charge in [0.05, 0.1) is 16.1 Å². The van der Waals surface area contributed by atoms with Crippen LogP contribution < -0.4 is 5.32 Å². The molecule has 1 aliphatic heterocycles. The Hall–Kier alpha value is -0.860. The lowest BCUT2D eigenvalue weighted by Crippen LogP contribution is -2.55. The average Bonchev–Trinajstić information content (AvgIpc) is 3.40. The second-order valence-electron chi connectivity index (χ2n) is 6.45. The number of benzene rings is 1. The maximum atomic E-state index is 12.8. The van der Waals surface area contributed by atoms with Crippen molar-refractivity contribution in [3.8, 4) is 0 Å².